The van der Waals surface area contributed by atoms with Crippen molar-refractivity contribution in [1.29, 1.82) is 0 Å². The highest BCUT2D eigenvalue weighted by Crippen LogP contribution is 2.21. The smallest absolute Gasteiger partial charge is 0.416 e. The van der Waals surface area contributed by atoms with Crippen molar-refractivity contribution < 1.29 is 23.9 Å². The van der Waals surface area contributed by atoms with Crippen molar-refractivity contribution in [2.45, 2.75) is 45.6 Å². The Balaban J connectivity index is 2.05. The van der Waals surface area contributed by atoms with Crippen molar-refractivity contribution in [2.75, 3.05) is 13.2 Å². The first-order valence-corrected chi connectivity index (χ1v) is 8.50. The number of ether oxygens (including phenoxy) is 2. The quantitative estimate of drug-likeness (QED) is 0.740. The third-order valence-corrected chi connectivity index (χ3v) is 3.83. The minimum absolute atomic E-state index is 0.0489. The van der Waals surface area contributed by atoms with Crippen LogP contribution in [0.2, 0.25) is 0 Å². The van der Waals surface area contributed by atoms with Gasteiger partial charge in [-0.3, -0.25) is 9.59 Å². The summed E-state index contributed by atoms with van der Waals surface area (Å²) in [5.74, 6) is -1.42. The average Bonchev–Trinajstić information content (AvgIpc) is 2.96. The highest BCUT2D eigenvalue weighted by Gasteiger charge is 2.35. The van der Waals surface area contributed by atoms with Crippen LogP contribution in [0.1, 0.15) is 39.2 Å². The SMILES string of the molecule is CC(C)(C)OC(=O)C[C@@H](CCc1ccccc1)C(=O)N1CCOC1=O. The van der Waals surface area contributed by atoms with Crippen molar-refractivity contribution in [3.05, 3.63) is 35.9 Å². The minimum Gasteiger partial charge on any atom is -0.460 e. The van der Waals surface area contributed by atoms with Crippen molar-refractivity contribution in [1.82, 2.24) is 4.90 Å². The van der Waals surface area contributed by atoms with Crippen LogP contribution in [0.4, 0.5) is 4.79 Å². The predicted octanol–water partition coefficient (Wildman–Crippen LogP) is 2.95. The van der Waals surface area contributed by atoms with E-state index in [1.807, 2.05) is 30.3 Å². The van der Waals surface area contributed by atoms with E-state index in [4.69, 9.17) is 9.47 Å². The molecule has 1 fully saturated rings. The summed E-state index contributed by atoms with van der Waals surface area (Å²) in [6, 6.07) is 9.72. The summed E-state index contributed by atoms with van der Waals surface area (Å²) in [6.45, 7) is 5.77. The van der Waals surface area contributed by atoms with Crippen LogP contribution in [0.15, 0.2) is 30.3 Å². The maximum atomic E-state index is 12.7. The second-order valence-corrected chi connectivity index (χ2v) is 7.12. The number of rotatable bonds is 6. The summed E-state index contributed by atoms with van der Waals surface area (Å²) in [7, 11) is 0. The van der Waals surface area contributed by atoms with Gasteiger partial charge in [0.1, 0.15) is 12.2 Å². The fraction of sp³-hybridized carbons (Fsp3) is 0.526. The number of esters is 1. The number of amides is 2. The molecule has 1 aromatic rings. The van der Waals surface area contributed by atoms with E-state index in [1.54, 1.807) is 20.8 Å². The van der Waals surface area contributed by atoms with Gasteiger partial charge in [0.05, 0.1) is 13.0 Å². The van der Waals surface area contributed by atoms with Crippen LogP contribution in [0, 0.1) is 5.92 Å². The van der Waals surface area contributed by atoms with Crippen LogP contribution < -0.4 is 0 Å². The van der Waals surface area contributed by atoms with Gasteiger partial charge in [0.2, 0.25) is 5.91 Å². The Bertz CT molecular complexity index is 620. The van der Waals surface area contributed by atoms with Crippen LogP contribution in [0.25, 0.3) is 0 Å². The number of hydrogen-bond donors (Lipinski definition) is 0. The Labute approximate surface area is 148 Å². The molecule has 1 saturated heterocycles. The molecule has 0 N–H and O–H groups in total. The summed E-state index contributed by atoms with van der Waals surface area (Å²) in [5, 5.41) is 0. The Morgan fingerprint density at radius 2 is 1.92 bits per heavy atom. The molecule has 0 unspecified atom stereocenters. The molecule has 1 aliphatic rings. The summed E-state index contributed by atoms with van der Waals surface area (Å²) in [5.41, 5.74) is 0.463. The van der Waals surface area contributed by atoms with Crippen LogP contribution in [-0.4, -0.2) is 41.6 Å². The second kappa shape index (κ2) is 8.14. The topological polar surface area (TPSA) is 72.9 Å². The molecule has 136 valence electrons. The van der Waals surface area contributed by atoms with E-state index in [2.05, 4.69) is 0 Å². The number of nitrogens with zero attached hydrogens (tertiary/aromatic N) is 1. The molecule has 0 radical (unpaired) electrons. The number of benzene rings is 1. The van der Waals surface area contributed by atoms with Crippen LogP contribution >= 0.6 is 0 Å². The molecule has 6 nitrogen and oxygen atoms in total. The zero-order valence-electron chi connectivity index (χ0n) is 15.0. The first kappa shape index (κ1) is 19.0. The van der Waals surface area contributed by atoms with Gasteiger partial charge in [0, 0.05) is 5.92 Å². The number of hydrogen-bond acceptors (Lipinski definition) is 5. The van der Waals surface area contributed by atoms with E-state index in [0.717, 1.165) is 10.5 Å². The van der Waals surface area contributed by atoms with E-state index >= 15 is 0 Å². The van der Waals surface area contributed by atoms with E-state index in [9.17, 15) is 14.4 Å². The fourth-order valence-corrected chi connectivity index (χ4v) is 2.70. The molecule has 0 bridgehead atoms. The number of cyclic esters (lactones) is 1. The lowest BCUT2D eigenvalue weighted by atomic mass is 9.95. The lowest BCUT2D eigenvalue weighted by molar-refractivity contribution is -0.158. The lowest BCUT2D eigenvalue weighted by Crippen LogP contribution is -2.38. The highest BCUT2D eigenvalue weighted by atomic mass is 16.6. The first-order valence-electron chi connectivity index (χ1n) is 8.50. The summed E-state index contributed by atoms with van der Waals surface area (Å²) >= 11 is 0. The zero-order valence-corrected chi connectivity index (χ0v) is 15.0. The van der Waals surface area contributed by atoms with Gasteiger partial charge < -0.3 is 9.47 Å². The number of carbonyl (C=O) groups is 3. The largest absolute Gasteiger partial charge is 0.460 e. The fourth-order valence-electron chi connectivity index (χ4n) is 2.70. The predicted molar refractivity (Wildman–Crippen MR) is 91.8 cm³/mol. The molecule has 0 saturated carbocycles. The van der Waals surface area contributed by atoms with E-state index in [1.165, 1.54) is 0 Å². The van der Waals surface area contributed by atoms with E-state index in [-0.39, 0.29) is 25.5 Å². The molecule has 25 heavy (non-hydrogen) atoms. The van der Waals surface area contributed by atoms with Crippen molar-refractivity contribution in [2.24, 2.45) is 5.92 Å². The molecule has 2 rings (SSSR count). The second-order valence-electron chi connectivity index (χ2n) is 7.12. The van der Waals surface area contributed by atoms with Crippen molar-refractivity contribution in [3.63, 3.8) is 0 Å². The molecule has 1 heterocycles. The normalized spacial score (nSPS) is 15.6. The molecule has 6 heteroatoms. The van der Waals surface area contributed by atoms with Gasteiger partial charge in [-0.1, -0.05) is 30.3 Å². The Morgan fingerprint density at radius 3 is 2.48 bits per heavy atom. The molecule has 1 aliphatic heterocycles. The average molecular weight is 347 g/mol. The number of aryl methyl sites for hydroxylation is 1. The Kier molecular flexibility index (Phi) is 6.17. The monoisotopic (exact) mass is 347 g/mol. The minimum atomic E-state index is -0.640. The van der Waals surface area contributed by atoms with Crippen LogP contribution in [-0.2, 0) is 25.5 Å². The Morgan fingerprint density at radius 1 is 1.24 bits per heavy atom. The molecule has 2 amide bonds. The van der Waals surface area contributed by atoms with Gasteiger partial charge in [0.25, 0.3) is 0 Å². The molecular weight excluding hydrogens is 322 g/mol. The summed E-state index contributed by atoms with van der Waals surface area (Å²) < 4.78 is 10.2. The van der Waals surface area contributed by atoms with Crippen molar-refractivity contribution in [3.8, 4) is 0 Å². The van der Waals surface area contributed by atoms with Crippen LogP contribution in [0.5, 0.6) is 0 Å². The summed E-state index contributed by atoms with van der Waals surface area (Å²) in [4.78, 5) is 37.6. The molecule has 0 aliphatic carbocycles. The molecule has 1 atom stereocenters. The van der Waals surface area contributed by atoms with Gasteiger partial charge in [0.15, 0.2) is 0 Å². The summed E-state index contributed by atoms with van der Waals surface area (Å²) in [6.07, 6.45) is 0.417. The lowest BCUT2D eigenvalue weighted by Gasteiger charge is -2.23. The first-order chi connectivity index (χ1) is 11.8. The zero-order chi connectivity index (χ0) is 18.4. The molecule has 0 aromatic heterocycles. The highest BCUT2D eigenvalue weighted by molar-refractivity contribution is 5.95. The van der Waals surface area contributed by atoms with Gasteiger partial charge in [-0.2, -0.15) is 0 Å². The molecule has 1 aromatic carbocycles. The van der Waals surface area contributed by atoms with E-state index < -0.39 is 23.6 Å². The third kappa shape index (κ3) is 5.89. The molecule has 0 spiro atoms. The molecular formula is C19H25NO5. The van der Waals surface area contributed by atoms with Gasteiger partial charge in [-0.25, -0.2) is 9.69 Å². The third-order valence-electron chi connectivity index (χ3n) is 3.83. The number of imide groups is 1. The Hall–Kier alpha value is -2.37. The van der Waals surface area contributed by atoms with Crippen molar-refractivity contribution >= 4 is 18.0 Å². The van der Waals surface area contributed by atoms with Gasteiger partial charge in [-0.05, 0) is 39.2 Å². The van der Waals surface area contributed by atoms with Gasteiger partial charge >= 0.3 is 12.1 Å². The maximum Gasteiger partial charge on any atom is 0.416 e. The number of carbonyl (C=O) groups excluding carboxylic acids is 3. The van der Waals surface area contributed by atoms with Crippen LogP contribution in [0.3, 0.4) is 0 Å². The van der Waals surface area contributed by atoms with Gasteiger partial charge in [-0.15, -0.1) is 0 Å². The standard InChI is InChI=1S/C19H25NO5/c1-19(2,3)25-16(21)13-15(10-9-14-7-5-4-6-8-14)17(22)20-11-12-24-18(20)23/h4-8,15H,9-13H2,1-3H3/t15-/m1/s1. The van der Waals surface area contributed by atoms with E-state index in [0.29, 0.717) is 12.8 Å². The maximum absolute atomic E-state index is 12.7.